The SMILES string of the molecule is NCc1cc[c-]c(N)c1N.[Zn]. The topological polar surface area (TPSA) is 78.1 Å². The first-order valence-electron chi connectivity index (χ1n) is 3.00. The summed E-state index contributed by atoms with van der Waals surface area (Å²) in [4.78, 5) is 0. The Hall–Kier alpha value is -0.597. The van der Waals surface area contributed by atoms with Crippen LogP contribution in [-0.2, 0) is 26.0 Å². The molecule has 0 fully saturated rings. The number of nitrogen functional groups attached to an aromatic ring is 2. The van der Waals surface area contributed by atoms with Crippen LogP contribution >= 0.6 is 0 Å². The number of anilines is 2. The maximum Gasteiger partial charge on any atom is 0 e. The third kappa shape index (κ3) is 2.17. The van der Waals surface area contributed by atoms with Gasteiger partial charge in [-0.15, -0.1) is 5.56 Å². The van der Waals surface area contributed by atoms with Crippen molar-refractivity contribution in [3.8, 4) is 0 Å². The van der Waals surface area contributed by atoms with E-state index in [2.05, 4.69) is 6.07 Å². The van der Waals surface area contributed by atoms with E-state index in [4.69, 9.17) is 17.2 Å². The summed E-state index contributed by atoms with van der Waals surface area (Å²) in [5, 5.41) is 0. The molecule has 0 atom stereocenters. The molecule has 11 heavy (non-hydrogen) atoms. The van der Waals surface area contributed by atoms with Crippen molar-refractivity contribution < 1.29 is 19.5 Å². The van der Waals surface area contributed by atoms with Crippen molar-refractivity contribution in [1.29, 1.82) is 0 Å². The van der Waals surface area contributed by atoms with E-state index in [1.54, 1.807) is 6.07 Å². The molecule has 0 radical (unpaired) electrons. The zero-order chi connectivity index (χ0) is 7.56. The number of rotatable bonds is 1. The first-order chi connectivity index (χ1) is 4.75. The monoisotopic (exact) mass is 200 g/mol. The maximum absolute atomic E-state index is 5.56. The van der Waals surface area contributed by atoms with Gasteiger partial charge in [-0.25, -0.2) is 0 Å². The van der Waals surface area contributed by atoms with Gasteiger partial charge < -0.3 is 17.2 Å². The third-order valence-corrected chi connectivity index (χ3v) is 1.38. The standard InChI is InChI=1S/C7H10N3.Zn/c8-4-5-2-1-3-6(9)7(5)10;/h1-2H,4,8-10H2;/q-1;. The summed E-state index contributed by atoms with van der Waals surface area (Å²) in [5.74, 6) is 0. The molecule has 0 aromatic heterocycles. The van der Waals surface area contributed by atoms with Gasteiger partial charge in [0.2, 0.25) is 0 Å². The molecule has 0 aliphatic rings. The molecule has 3 nitrogen and oxygen atoms in total. The Morgan fingerprint density at radius 3 is 2.45 bits per heavy atom. The van der Waals surface area contributed by atoms with Crippen molar-refractivity contribution in [3.05, 3.63) is 23.8 Å². The van der Waals surface area contributed by atoms with Crippen molar-refractivity contribution in [2.45, 2.75) is 6.54 Å². The van der Waals surface area contributed by atoms with Gasteiger partial charge in [0, 0.05) is 19.5 Å². The number of hydrogen-bond donors (Lipinski definition) is 3. The van der Waals surface area contributed by atoms with E-state index in [1.165, 1.54) is 0 Å². The molecule has 4 heteroatoms. The van der Waals surface area contributed by atoms with E-state index in [1.807, 2.05) is 6.07 Å². The van der Waals surface area contributed by atoms with Gasteiger partial charge in [0.1, 0.15) is 0 Å². The summed E-state index contributed by atoms with van der Waals surface area (Å²) in [6.07, 6.45) is 0. The Morgan fingerprint density at radius 1 is 1.36 bits per heavy atom. The fourth-order valence-electron chi connectivity index (χ4n) is 0.751. The van der Waals surface area contributed by atoms with E-state index in [-0.39, 0.29) is 19.5 Å². The number of benzene rings is 1. The second-order valence-corrected chi connectivity index (χ2v) is 2.03. The molecule has 56 valence electrons. The maximum atomic E-state index is 5.56. The van der Waals surface area contributed by atoms with E-state index < -0.39 is 0 Å². The molecule has 0 heterocycles. The third-order valence-electron chi connectivity index (χ3n) is 1.38. The molecule has 0 spiro atoms. The van der Waals surface area contributed by atoms with Gasteiger partial charge in [-0.2, -0.15) is 18.2 Å². The Labute approximate surface area is 78.7 Å². The normalized spacial score (nSPS) is 8.82. The Kier molecular flexibility index (Phi) is 4.08. The Bertz CT molecular complexity index is 237. The fraction of sp³-hybridized carbons (Fsp3) is 0.143. The van der Waals surface area contributed by atoms with E-state index in [0.29, 0.717) is 17.9 Å². The molecule has 0 unspecified atom stereocenters. The molecule has 1 rings (SSSR count). The van der Waals surface area contributed by atoms with Crippen LogP contribution < -0.4 is 17.2 Å². The predicted molar refractivity (Wildman–Crippen MR) is 42.0 cm³/mol. The molecule has 0 saturated carbocycles. The summed E-state index contributed by atoms with van der Waals surface area (Å²) in [6.45, 7) is 0.421. The van der Waals surface area contributed by atoms with Gasteiger partial charge in [0.25, 0.3) is 0 Å². The van der Waals surface area contributed by atoms with Crippen LogP contribution in [0.4, 0.5) is 11.4 Å². The average Bonchev–Trinajstić information content (AvgIpc) is 1.95. The van der Waals surface area contributed by atoms with E-state index in [9.17, 15) is 0 Å². The van der Waals surface area contributed by atoms with Crippen LogP contribution in [0.2, 0.25) is 0 Å². The summed E-state index contributed by atoms with van der Waals surface area (Å²) in [7, 11) is 0. The van der Waals surface area contributed by atoms with Crippen molar-refractivity contribution in [3.63, 3.8) is 0 Å². The van der Waals surface area contributed by atoms with Gasteiger partial charge in [-0.3, -0.25) is 0 Å². The first-order valence-corrected chi connectivity index (χ1v) is 3.00. The summed E-state index contributed by atoms with van der Waals surface area (Å²) < 4.78 is 0. The molecule has 6 N–H and O–H groups in total. The Morgan fingerprint density at radius 2 is 2.00 bits per heavy atom. The predicted octanol–water partition coefficient (Wildman–Crippen LogP) is 0.107. The Balaban J connectivity index is 0.000001000. The molecular formula is C7H10N3Zn-. The van der Waals surface area contributed by atoms with Crippen LogP contribution in [0.5, 0.6) is 0 Å². The minimum Gasteiger partial charge on any atom is -0.448 e. The second-order valence-electron chi connectivity index (χ2n) is 2.03. The summed E-state index contributed by atoms with van der Waals surface area (Å²) >= 11 is 0. The van der Waals surface area contributed by atoms with Crippen LogP contribution in [0.15, 0.2) is 12.1 Å². The van der Waals surface area contributed by atoms with Crippen LogP contribution in [0.1, 0.15) is 5.56 Å². The van der Waals surface area contributed by atoms with Gasteiger partial charge in [-0.1, -0.05) is 11.4 Å². The quantitative estimate of drug-likeness (QED) is 0.343. The molecule has 0 aliphatic heterocycles. The second kappa shape index (κ2) is 4.32. The molecule has 0 bridgehead atoms. The molecule has 1 aromatic carbocycles. The van der Waals surface area contributed by atoms with Crippen molar-refractivity contribution in [1.82, 2.24) is 0 Å². The minimum atomic E-state index is 0. The van der Waals surface area contributed by atoms with Crippen molar-refractivity contribution >= 4 is 11.4 Å². The van der Waals surface area contributed by atoms with Crippen molar-refractivity contribution in [2.24, 2.45) is 5.73 Å². The average molecular weight is 202 g/mol. The van der Waals surface area contributed by atoms with Crippen molar-refractivity contribution in [2.75, 3.05) is 11.5 Å². The van der Waals surface area contributed by atoms with Crippen LogP contribution in [-0.4, -0.2) is 0 Å². The summed E-state index contributed by atoms with van der Waals surface area (Å²) in [5.41, 5.74) is 18.3. The fourth-order valence-corrected chi connectivity index (χ4v) is 0.751. The van der Waals surface area contributed by atoms with Crippen LogP contribution in [0.3, 0.4) is 0 Å². The largest absolute Gasteiger partial charge is 0.448 e. The molecule has 0 aliphatic carbocycles. The summed E-state index contributed by atoms with van der Waals surface area (Å²) in [6, 6.07) is 6.30. The van der Waals surface area contributed by atoms with E-state index in [0.717, 1.165) is 5.56 Å². The van der Waals surface area contributed by atoms with E-state index >= 15 is 0 Å². The minimum absolute atomic E-state index is 0. The van der Waals surface area contributed by atoms with Gasteiger partial charge in [0.15, 0.2) is 0 Å². The number of hydrogen-bond acceptors (Lipinski definition) is 3. The molecule has 0 amide bonds. The van der Waals surface area contributed by atoms with Gasteiger partial charge in [0.05, 0.1) is 0 Å². The van der Waals surface area contributed by atoms with Gasteiger partial charge in [-0.05, 0) is 6.54 Å². The molecule has 0 saturated heterocycles. The molecule has 1 aromatic rings. The van der Waals surface area contributed by atoms with Crippen LogP contribution in [0.25, 0.3) is 0 Å². The zero-order valence-electron chi connectivity index (χ0n) is 6.30. The van der Waals surface area contributed by atoms with Gasteiger partial charge >= 0.3 is 0 Å². The van der Waals surface area contributed by atoms with Crippen LogP contribution in [0, 0.1) is 6.07 Å². The molecular weight excluding hydrogens is 191 g/mol. The number of nitrogens with two attached hydrogens (primary N) is 3. The first kappa shape index (κ1) is 10.4. The zero-order valence-corrected chi connectivity index (χ0v) is 9.27. The smallest absolute Gasteiger partial charge is 0 e.